The number of ether oxygens (including phenoxy) is 2. The Labute approximate surface area is 322 Å². The highest BCUT2D eigenvalue weighted by Crippen LogP contribution is 2.22. The van der Waals surface area contributed by atoms with Gasteiger partial charge in [-0.3, -0.25) is 4.79 Å². The van der Waals surface area contributed by atoms with E-state index in [1.54, 1.807) is 6.08 Å². The second-order valence-corrected chi connectivity index (χ2v) is 14.9. The molecule has 0 aromatic heterocycles. The van der Waals surface area contributed by atoms with Crippen molar-refractivity contribution in [1.82, 2.24) is 5.32 Å². The Morgan fingerprint density at radius 3 is 1.64 bits per heavy atom. The van der Waals surface area contributed by atoms with E-state index in [9.17, 15) is 35.4 Å². The molecule has 53 heavy (non-hydrogen) atoms. The summed E-state index contributed by atoms with van der Waals surface area (Å²) < 4.78 is 11.1. The third-order valence-electron chi connectivity index (χ3n) is 10.0. The van der Waals surface area contributed by atoms with Crippen LogP contribution in [0.15, 0.2) is 36.5 Å². The van der Waals surface area contributed by atoms with Crippen LogP contribution in [0.4, 0.5) is 0 Å². The summed E-state index contributed by atoms with van der Waals surface area (Å²) in [5.74, 6) is -0.638. The number of rotatable bonds is 34. The summed E-state index contributed by atoms with van der Waals surface area (Å²) in [4.78, 5) is 13.0. The van der Waals surface area contributed by atoms with Crippen LogP contribution >= 0.6 is 0 Å². The summed E-state index contributed by atoms with van der Waals surface area (Å²) in [6.45, 7) is 3.55. The maximum Gasteiger partial charge on any atom is 0.249 e. The molecular formula is C43H79NO9. The minimum absolute atomic E-state index is 0.289. The molecule has 10 nitrogen and oxygen atoms in total. The zero-order chi connectivity index (χ0) is 38.9. The lowest BCUT2D eigenvalue weighted by Crippen LogP contribution is -2.60. The number of unbranched alkanes of at least 4 members (excludes halogenated alkanes) is 19. The van der Waals surface area contributed by atoms with Gasteiger partial charge in [-0.1, -0.05) is 147 Å². The first kappa shape index (κ1) is 49.4. The molecule has 1 heterocycles. The van der Waals surface area contributed by atoms with Gasteiger partial charge >= 0.3 is 0 Å². The van der Waals surface area contributed by atoms with Crippen LogP contribution in [0.1, 0.15) is 168 Å². The van der Waals surface area contributed by atoms with Crippen molar-refractivity contribution < 1.29 is 44.9 Å². The van der Waals surface area contributed by atoms with Gasteiger partial charge in [-0.25, -0.2) is 0 Å². The maximum absolute atomic E-state index is 13.0. The van der Waals surface area contributed by atoms with E-state index in [2.05, 4.69) is 43.5 Å². The lowest BCUT2D eigenvalue weighted by molar-refractivity contribution is -0.302. The normalized spacial score (nSPS) is 22.6. The van der Waals surface area contributed by atoms with Crippen molar-refractivity contribution in [2.24, 2.45) is 0 Å². The van der Waals surface area contributed by atoms with Crippen molar-refractivity contribution >= 4 is 5.91 Å². The molecule has 1 fully saturated rings. The van der Waals surface area contributed by atoms with Crippen molar-refractivity contribution in [3.05, 3.63) is 36.5 Å². The van der Waals surface area contributed by atoms with Crippen LogP contribution in [0.3, 0.4) is 0 Å². The average Bonchev–Trinajstić information content (AvgIpc) is 3.16. The highest BCUT2D eigenvalue weighted by molar-refractivity contribution is 5.80. The van der Waals surface area contributed by atoms with Gasteiger partial charge < -0.3 is 45.4 Å². The molecule has 1 aliphatic rings. The molecule has 1 aliphatic heterocycles. The van der Waals surface area contributed by atoms with E-state index in [1.807, 2.05) is 6.08 Å². The summed E-state index contributed by atoms with van der Waals surface area (Å²) in [5, 5.41) is 64.4. The summed E-state index contributed by atoms with van der Waals surface area (Å²) >= 11 is 0. The van der Waals surface area contributed by atoms with E-state index in [4.69, 9.17) is 9.47 Å². The Morgan fingerprint density at radius 1 is 0.642 bits per heavy atom. The molecule has 1 amide bonds. The van der Waals surface area contributed by atoms with Crippen LogP contribution in [-0.2, 0) is 14.3 Å². The van der Waals surface area contributed by atoms with Gasteiger partial charge in [0.1, 0.15) is 30.5 Å². The summed E-state index contributed by atoms with van der Waals surface area (Å²) in [6.07, 6.45) is 29.5. The number of hydrogen-bond acceptors (Lipinski definition) is 9. The molecule has 0 bridgehead atoms. The van der Waals surface area contributed by atoms with Gasteiger partial charge in [0.25, 0.3) is 0 Å². The molecule has 1 rings (SSSR count). The van der Waals surface area contributed by atoms with Gasteiger partial charge in [0, 0.05) is 0 Å². The highest BCUT2D eigenvalue weighted by Gasteiger charge is 2.44. The van der Waals surface area contributed by atoms with Gasteiger partial charge in [-0.2, -0.15) is 0 Å². The summed E-state index contributed by atoms with van der Waals surface area (Å²) in [5.41, 5.74) is 0. The fourth-order valence-corrected chi connectivity index (χ4v) is 6.46. The number of aliphatic hydroxyl groups is 6. The Kier molecular flexibility index (Phi) is 31.4. The van der Waals surface area contributed by atoms with Crippen LogP contribution in [0, 0.1) is 0 Å². The molecule has 0 saturated carbocycles. The van der Waals surface area contributed by atoms with E-state index in [1.165, 1.54) is 89.9 Å². The number of carbonyl (C=O) groups is 1. The zero-order valence-corrected chi connectivity index (χ0v) is 33.4. The summed E-state index contributed by atoms with van der Waals surface area (Å²) in [6, 6.07) is -0.999. The molecule has 7 N–H and O–H groups in total. The number of allylic oxidation sites excluding steroid dienone is 5. The summed E-state index contributed by atoms with van der Waals surface area (Å²) in [7, 11) is 0. The molecular weight excluding hydrogens is 674 g/mol. The van der Waals surface area contributed by atoms with E-state index >= 15 is 0 Å². The number of hydrogen-bond donors (Lipinski definition) is 7. The van der Waals surface area contributed by atoms with Crippen molar-refractivity contribution in [1.29, 1.82) is 0 Å². The van der Waals surface area contributed by atoms with Gasteiger partial charge in [-0.05, 0) is 57.8 Å². The number of carbonyl (C=O) groups excluding carboxylic acids is 1. The Balaban J connectivity index is 2.50. The smallest absolute Gasteiger partial charge is 0.249 e. The minimum Gasteiger partial charge on any atom is -0.394 e. The third kappa shape index (κ3) is 24.5. The number of aliphatic hydroxyl groups excluding tert-OH is 6. The molecule has 8 atom stereocenters. The predicted octanol–water partition coefficient (Wildman–Crippen LogP) is 7.08. The molecule has 0 radical (unpaired) electrons. The minimum atomic E-state index is -1.62. The fraction of sp³-hybridized carbons (Fsp3) is 0.837. The number of amides is 1. The van der Waals surface area contributed by atoms with Crippen molar-refractivity contribution in [2.45, 2.75) is 217 Å². The zero-order valence-electron chi connectivity index (χ0n) is 33.4. The highest BCUT2D eigenvalue weighted by atomic mass is 16.7. The standard InChI is InChI=1S/C43H79NO9/c1-3-5-7-9-11-13-15-17-18-20-22-24-26-28-30-32-37(47)42(51)44-35(34-52-43-41(50)40(49)39(48)38(33-45)53-43)36(46)31-29-27-25-23-21-19-16-14-12-10-8-6-4-2/h18,20-21,23,29,31,35-41,43,45-50H,3-17,19,22,24-28,30,32-34H2,1-2H3,(H,44,51)/b20-18-,23-21+,31-29+. The second-order valence-electron chi connectivity index (χ2n) is 14.9. The molecule has 8 unspecified atom stereocenters. The monoisotopic (exact) mass is 754 g/mol. The van der Waals surface area contributed by atoms with Gasteiger partial charge in [0.05, 0.1) is 25.4 Å². The molecule has 0 aromatic rings. The molecule has 10 heteroatoms. The third-order valence-corrected chi connectivity index (χ3v) is 10.0. The quantitative estimate of drug-likeness (QED) is 0.0268. The molecule has 0 aromatic carbocycles. The first-order valence-corrected chi connectivity index (χ1v) is 21.3. The van der Waals surface area contributed by atoms with Gasteiger partial charge in [0.2, 0.25) is 5.91 Å². The molecule has 310 valence electrons. The van der Waals surface area contributed by atoms with Crippen molar-refractivity contribution in [2.75, 3.05) is 13.2 Å². The topological polar surface area (TPSA) is 169 Å². The lowest BCUT2D eigenvalue weighted by Gasteiger charge is -2.40. The van der Waals surface area contributed by atoms with Crippen LogP contribution in [0.2, 0.25) is 0 Å². The van der Waals surface area contributed by atoms with Crippen LogP contribution in [0.5, 0.6) is 0 Å². The first-order chi connectivity index (χ1) is 25.8. The van der Waals surface area contributed by atoms with Crippen LogP contribution < -0.4 is 5.32 Å². The average molecular weight is 754 g/mol. The van der Waals surface area contributed by atoms with Gasteiger partial charge in [-0.15, -0.1) is 0 Å². The Bertz CT molecular complexity index is 943. The number of nitrogens with one attached hydrogen (secondary N) is 1. The van der Waals surface area contributed by atoms with Crippen molar-refractivity contribution in [3.8, 4) is 0 Å². The van der Waals surface area contributed by atoms with E-state index in [-0.39, 0.29) is 13.0 Å². The predicted molar refractivity (Wildman–Crippen MR) is 213 cm³/mol. The molecule has 0 aliphatic carbocycles. The lowest BCUT2D eigenvalue weighted by atomic mass is 9.99. The van der Waals surface area contributed by atoms with Crippen LogP contribution in [0.25, 0.3) is 0 Å². The second kappa shape index (κ2) is 33.7. The fourth-order valence-electron chi connectivity index (χ4n) is 6.46. The Morgan fingerprint density at radius 2 is 1.11 bits per heavy atom. The largest absolute Gasteiger partial charge is 0.394 e. The van der Waals surface area contributed by atoms with Crippen molar-refractivity contribution in [3.63, 3.8) is 0 Å². The van der Waals surface area contributed by atoms with E-state index in [0.29, 0.717) is 12.8 Å². The van der Waals surface area contributed by atoms with Crippen LogP contribution in [-0.4, -0.2) is 98.7 Å². The Hall–Kier alpha value is -1.63. The maximum atomic E-state index is 13.0. The molecule has 0 spiro atoms. The van der Waals surface area contributed by atoms with E-state index < -0.39 is 61.5 Å². The van der Waals surface area contributed by atoms with Gasteiger partial charge in [0.15, 0.2) is 6.29 Å². The van der Waals surface area contributed by atoms with E-state index in [0.717, 1.165) is 44.9 Å². The first-order valence-electron chi connectivity index (χ1n) is 21.3. The SMILES string of the molecule is CCCCCCCCC/C=C\CCCCCCC(O)C(=O)NC(COC1OC(CO)C(O)C(O)C1O)C(O)/C=C/CC/C=C/CCCCCCCCC. The molecule has 1 saturated heterocycles.